The molecule has 1 amide bonds. The van der Waals surface area contributed by atoms with E-state index in [-0.39, 0.29) is 17.0 Å². The number of fused-ring (bicyclic) bond motifs is 2. The number of ether oxygens (including phenoxy) is 1. The summed E-state index contributed by atoms with van der Waals surface area (Å²) < 4.78 is 8.62. The van der Waals surface area contributed by atoms with E-state index in [0.29, 0.717) is 66.2 Å². The Morgan fingerprint density at radius 1 is 1.08 bits per heavy atom. The molecule has 51 heavy (non-hydrogen) atoms. The summed E-state index contributed by atoms with van der Waals surface area (Å²) >= 11 is 1.44. The van der Waals surface area contributed by atoms with Gasteiger partial charge in [-0.1, -0.05) is 35.6 Å². The molecule has 12 heteroatoms. The minimum absolute atomic E-state index is 0.00917. The quantitative estimate of drug-likeness (QED) is 0.154. The van der Waals surface area contributed by atoms with Gasteiger partial charge in [-0.05, 0) is 91.8 Å². The second-order valence-corrected chi connectivity index (χ2v) is 15.8. The number of pyridine rings is 1. The summed E-state index contributed by atoms with van der Waals surface area (Å²) in [5, 5.41) is 22.7. The highest BCUT2D eigenvalue weighted by Gasteiger charge is 2.57. The number of nitrogens with one attached hydrogen (secondary N) is 2. The molecular weight excluding hydrogens is 663 g/mol. The third-order valence-electron chi connectivity index (χ3n) is 11.9. The van der Waals surface area contributed by atoms with Gasteiger partial charge in [0, 0.05) is 73.7 Å². The van der Waals surface area contributed by atoms with Crippen LogP contribution in [0.3, 0.4) is 0 Å². The average Bonchev–Trinajstić information content (AvgIpc) is 3.78. The Balaban J connectivity index is 0.958. The first-order valence-corrected chi connectivity index (χ1v) is 18.7. The lowest BCUT2D eigenvalue weighted by Crippen LogP contribution is -2.67. The standard InChI is InChI=1S/C39H41N7O4S/c1-50-14-12-39(26-15-23-16-27(18-26)41-33(39)17-23)22-46-20-25(19-40-46)28-9-10-34(43-35(28)37(48)49)45-13-11-24-5-4-6-29(30(24)21-45)36(47)44-38-42-31-7-2-3-8-32(31)51-38/h2-10,19-20,23,26-27,33,41H,11-18,21-22H2,1H3,(H,48,49)(H,42,44,47). The van der Waals surface area contributed by atoms with Crippen LogP contribution in [0, 0.1) is 17.3 Å². The molecule has 5 aromatic rings. The van der Waals surface area contributed by atoms with Gasteiger partial charge in [-0.3, -0.25) is 14.8 Å². The number of carboxylic acids is 1. The largest absolute Gasteiger partial charge is 0.476 e. The number of aromatic carboxylic acids is 1. The van der Waals surface area contributed by atoms with Gasteiger partial charge in [-0.15, -0.1) is 0 Å². The first-order valence-electron chi connectivity index (χ1n) is 17.9. The smallest absolute Gasteiger partial charge is 0.355 e. The monoisotopic (exact) mass is 703 g/mol. The summed E-state index contributed by atoms with van der Waals surface area (Å²) in [5.74, 6) is 0.706. The number of hydrogen-bond acceptors (Lipinski definition) is 9. The fourth-order valence-corrected chi connectivity index (χ4v) is 10.4. The van der Waals surface area contributed by atoms with E-state index in [1.54, 1.807) is 13.3 Å². The number of methoxy groups -OCH3 is 1. The molecule has 3 aliphatic heterocycles. The van der Waals surface area contributed by atoms with Crippen molar-refractivity contribution in [3.63, 3.8) is 0 Å². The van der Waals surface area contributed by atoms with Gasteiger partial charge >= 0.3 is 5.97 Å². The molecule has 0 spiro atoms. The van der Waals surface area contributed by atoms with Gasteiger partial charge < -0.3 is 20.1 Å². The zero-order chi connectivity index (χ0) is 34.7. The van der Waals surface area contributed by atoms with Gasteiger partial charge in [-0.25, -0.2) is 14.8 Å². The summed E-state index contributed by atoms with van der Waals surface area (Å²) in [6.45, 7) is 2.57. The van der Waals surface area contributed by atoms with E-state index >= 15 is 0 Å². The number of carboxylic acid groups (broad SMARTS) is 1. The third kappa shape index (κ3) is 5.79. The van der Waals surface area contributed by atoms with Gasteiger partial charge in [0.05, 0.1) is 16.4 Å². The molecule has 4 fully saturated rings. The van der Waals surface area contributed by atoms with Crippen LogP contribution in [0.15, 0.2) is 67.0 Å². The Hall–Kier alpha value is -4.65. The van der Waals surface area contributed by atoms with E-state index in [0.717, 1.165) is 45.8 Å². The first-order chi connectivity index (χ1) is 24.9. The van der Waals surface area contributed by atoms with Gasteiger partial charge in [0.15, 0.2) is 10.8 Å². The van der Waals surface area contributed by atoms with Crippen molar-refractivity contribution in [2.24, 2.45) is 17.3 Å². The molecule has 6 heterocycles. The molecular formula is C39H41N7O4S. The van der Waals surface area contributed by atoms with Crippen molar-refractivity contribution >= 4 is 44.4 Å². The molecule has 3 N–H and O–H groups in total. The van der Waals surface area contributed by atoms with Crippen LogP contribution in [0.4, 0.5) is 10.9 Å². The summed E-state index contributed by atoms with van der Waals surface area (Å²) in [6.07, 6.45) is 10.4. The topological polar surface area (TPSA) is 134 Å². The molecule has 262 valence electrons. The van der Waals surface area contributed by atoms with E-state index in [1.807, 2.05) is 59.4 Å². The van der Waals surface area contributed by atoms with Crippen molar-refractivity contribution in [3.8, 4) is 11.1 Å². The molecule has 2 aromatic carbocycles. The fraction of sp³-hybridized carbons (Fsp3) is 0.410. The summed E-state index contributed by atoms with van der Waals surface area (Å²) in [6, 6.07) is 18.4. The van der Waals surface area contributed by atoms with Crippen LogP contribution in [-0.4, -0.2) is 69.1 Å². The molecule has 0 radical (unpaired) electrons. The Bertz CT molecular complexity index is 2080. The maximum atomic E-state index is 13.5. The van der Waals surface area contributed by atoms with Crippen molar-refractivity contribution in [2.75, 3.05) is 30.5 Å². The van der Waals surface area contributed by atoms with Gasteiger partial charge in [0.2, 0.25) is 0 Å². The number of thiazole rings is 1. The predicted octanol–water partition coefficient (Wildman–Crippen LogP) is 6.25. The molecule has 11 nitrogen and oxygen atoms in total. The number of benzene rings is 2. The summed E-state index contributed by atoms with van der Waals surface area (Å²) in [4.78, 5) is 37.6. The van der Waals surface area contributed by atoms with Gasteiger partial charge in [0.1, 0.15) is 5.82 Å². The second kappa shape index (κ2) is 12.8. The Labute approximate surface area is 300 Å². The second-order valence-electron chi connectivity index (χ2n) is 14.8. The lowest BCUT2D eigenvalue weighted by molar-refractivity contribution is -0.0955. The first kappa shape index (κ1) is 32.3. The molecule has 2 saturated carbocycles. The maximum absolute atomic E-state index is 13.5. The highest BCUT2D eigenvalue weighted by molar-refractivity contribution is 7.22. The van der Waals surface area contributed by atoms with Crippen molar-refractivity contribution in [1.82, 2.24) is 25.1 Å². The minimum atomic E-state index is -1.09. The summed E-state index contributed by atoms with van der Waals surface area (Å²) in [5.41, 5.74) is 4.76. The van der Waals surface area contributed by atoms with E-state index in [4.69, 9.17) is 14.8 Å². The predicted molar refractivity (Wildman–Crippen MR) is 196 cm³/mol. The molecule has 10 rings (SSSR count). The number of piperidine rings is 2. The summed E-state index contributed by atoms with van der Waals surface area (Å²) in [7, 11) is 1.77. The van der Waals surface area contributed by atoms with Crippen LogP contribution in [0.1, 0.15) is 64.1 Å². The molecule has 5 atom stereocenters. The number of aromatic nitrogens is 4. The van der Waals surface area contributed by atoms with E-state index < -0.39 is 5.97 Å². The van der Waals surface area contributed by atoms with Crippen LogP contribution in [0.5, 0.6) is 0 Å². The van der Waals surface area contributed by atoms with Crippen molar-refractivity contribution < 1.29 is 19.4 Å². The maximum Gasteiger partial charge on any atom is 0.355 e. The fourth-order valence-electron chi connectivity index (χ4n) is 9.59. The number of hydrogen-bond donors (Lipinski definition) is 3. The van der Waals surface area contributed by atoms with Crippen molar-refractivity contribution in [1.29, 1.82) is 0 Å². The van der Waals surface area contributed by atoms with E-state index in [9.17, 15) is 14.7 Å². The Kier molecular flexibility index (Phi) is 8.12. The lowest BCUT2D eigenvalue weighted by atomic mass is 9.51. The Morgan fingerprint density at radius 2 is 1.98 bits per heavy atom. The number of amides is 1. The zero-order valence-corrected chi connectivity index (χ0v) is 29.4. The number of rotatable bonds is 10. The highest BCUT2D eigenvalue weighted by Crippen LogP contribution is 2.56. The molecule has 5 unspecified atom stereocenters. The Morgan fingerprint density at radius 3 is 2.80 bits per heavy atom. The van der Waals surface area contributed by atoms with Crippen LogP contribution in [0.2, 0.25) is 0 Å². The van der Waals surface area contributed by atoms with Crippen LogP contribution < -0.4 is 15.5 Å². The normalized spacial score (nSPS) is 24.9. The van der Waals surface area contributed by atoms with Crippen molar-refractivity contribution in [2.45, 2.75) is 63.7 Å². The SMILES string of the molecule is COCCC1(Cn2cc(-c3ccc(N4CCc5cccc(C(=O)Nc6nc7ccccc7s6)c5C4)nc3C(=O)O)cn2)C2CC3CC(C2)NC1C3. The van der Waals surface area contributed by atoms with Gasteiger partial charge in [0.25, 0.3) is 5.91 Å². The van der Waals surface area contributed by atoms with E-state index in [1.165, 1.54) is 37.0 Å². The molecule has 3 aromatic heterocycles. The number of carbonyl (C=O) groups is 2. The number of para-hydroxylation sites is 1. The minimum Gasteiger partial charge on any atom is -0.476 e. The van der Waals surface area contributed by atoms with Crippen LogP contribution in [-0.2, 0) is 24.2 Å². The molecule has 4 bridgehead atoms. The van der Waals surface area contributed by atoms with Crippen LogP contribution in [0.25, 0.3) is 21.3 Å². The zero-order valence-electron chi connectivity index (χ0n) is 28.5. The van der Waals surface area contributed by atoms with E-state index in [2.05, 4.69) is 26.6 Å². The molecule has 2 aliphatic carbocycles. The third-order valence-corrected chi connectivity index (χ3v) is 12.9. The highest BCUT2D eigenvalue weighted by atomic mass is 32.1. The lowest BCUT2D eigenvalue weighted by Gasteiger charge is -2.62. The van der Waals surface area contributed by atoms with Crippen LogP contribution >= 0.6 is 11.3 Å². The molecule has 5 aliphatic rings. The number of anilines is 2. The molecule has 2 saturated heterocycles. The number of carbonyl (C=O) groups excluding carboxylic acids is 1. The van der Waals surface area contributed by atoms with Crippen molar-refractivity contribution in [3.05, 3.63) is 89.4 Å². The van der Waals surface area contributed by atoms with Gasteiger partial charge in [-0.2, -0.15) is 5.10 Å². The average molecular weight is 704 g/mol. The number of nitrogens with zero attached hydrogens (tertiary/aromatic N) is 5.